The lowest BCUT2D eigenvalue weighted by molar-refractivity contribution is -0.144. The number of para-hydroxylation sites is 1. The van der Waals surface area contributed by atoms with Crippen molar-refractivity contribution in [2.45, 2.75) is 240 Å². The molecule has 1 aromatic heterocycles. The number of nitrogens with two attached hydrogens (primary N) is 2. The van der Waals surface area contributed by atoms with Crippen LogP contribution >= 0.6 is 0 Å². The first-order valence-electron chi connectivity index (χ1n) is 42.1. The van der Waals surface area contributed by atoms with Crippen LogP contribution in [0.3, 0.4) is 0 Å². The minimum Gasteiger partial charge on any atom is -0.508 e. The summed E-state index contributed by atoms with van der Waals surface area (Å²) >= 11 is 0. The van der Waals surface area contributed by atoms with E-state index in [0.717, 1.165) is 11.8 Å². The zero-order chi connectivity index (χ0) is 99.0. The largest absolute Gasteiger partial charge is 0.508 e. The van der Waals surface area contributed by atoms with Gasteiger partial charge >= 0.3 is 47.8 Å². The van der Waals surface area contributed by atoms with Gasteiger partial charge in [0.2, 0.25) is 88.6 Å². The Bertz CT molecular complexity index is 4890. The standard InChI is InChI=1S/C84H111N17O32/c1-41(2)34-56(77(125)96-55(84(132)133)25-32-69(115)116)97-80(128)59(37-45-39-87-49-13-8-7-12-47(45)49)100-76(124)53(23-30-67(111)112)93-78(126)57(35-43-10-5-4-6-11-43)98-79(127)58(36-44-15-17-46(102)18-16-44)99-81(129)60(38-70(117)118)90-63(104)40-88-73(121)50(21-28-65(107)108)94-82(130)61-14-9-33-101(61)83(131)54(24-31-68(113)114)95-71(119)42(3)89-74(122)52(22-29-66(109)110)92-75(123)51(20-26-62(86)103)91-72(120)48(85)19-27-64(105)106/h4-8,10-13,15-18,39,41-42,48,50-61,87,102H,9,14,19-38,40,85H2,1-3H3,(H2,86,103)(H,88,121)(H,89,122)(H,90,104)(H,91,120)(H,92,123)(H,93,126)(H,94,130)(H,95,119)(H,96,125)(H,97,128)(H,98,127)(H,99,129)(H,100,124)(H,105,106)(H,107,108)(H,109,110)(H,111,112)(H,113,114)(H,115,116)(H,117,118)(H,132,133)/t42-,48-,50-,51-,52-,53-,54-,55-,56-,57-,58-,59-,60-,61-/m0/s1. The van der Waals surface area contributed by atoms with Crippen molar-refractivity contribution >= 4 is 147 Å². The number of aromatic nitrogens is 1. The number of carboxylic acids is 8. The summed E-state index contributed by atoms with van der Waals surface area (Å²) < 4.78 is 0. The van der Waals surface area contributed by atoms with Crippen LogP contribution in [-0.4, -0.2) is 290 Å². The number of likely N-dealkylation sites (tertiary alicyclic amines) is 1. The fraction of sp³-hybridized carbons (Fsp3) is 0.488. The van der Waals surface area contributed by atoms with Gasteiger partial charge in [0.25, 0.3) is 0 Å². The van der Waals surface area contributed by atoms with Crippen LogP contribution in [0.15, 0.2) is 85.1 Å². The molecule has 1 fully saturated rings. The molecule has 0 aliphatic carbocycles. The Balaban J connectivity index is 1.37. The molecule has 0 bridgehead atoms. The van der Waals surface area contributed by atoms with Gasteiger partial charge in [-0.25, -0.2) is 4.79 Å². The maximum Gasteiger partial charge on any atom is 0.326 e. The molecular weight excluding hydrogens is 1760 g/mol. The van der Waals surface area contributed by atoms with Gasteiger partial charge in [-0.05, 0) is 112 Å². The molecule has 0 saturated carbocycles. The molecule has 1 aliphatic heterocycles. The van der Waals surface area contributed by atoms with Crippen LogP contribution in [0, 0.1) is 5.92 Å². The molecule has 1 aliphatic rings. The van der Waals surface area contributed by atoms with Crippen molar-refractivity contribution in [1.82, 2.24) is 79.0 Å². The molecule has 49 heteroatoms. The van der Waals surface area contributed by atoms with Crippen molar-refractivity contribution in [3.05, 3.63) is 102 Å². The summed E-state index contributed by atoms with van der Waals surface area (Å²) in [5.41, 5.74) is 12.5. The maximum atomic E-state index is 15.0. The number of phenolic OH excluding ortho intramolecular Hbond substituents is 1. The number of rotatable bonds is 59. The Hall–Kier alpha value is -15.2. The van der Waals surface area contributed by atoms with Crippen LogP contribution in [-0.2, 0) is 130 Å². The maximum absolute atomic E-state index is 15.0. The number of carbonyl (C=O) groups is 23. The smallest absolute Gasteiger partial charge is 0.326 e. The van der Waals surface area contributed by atoms with Gasteiger partial charge in [-0.3, -0.25) is 105 Å². The molecule has 27 N–H and O–H groups in total. The number of aliphatic carboxylic acids is 8. The van der Waals surface area contributed by atoms with Crippen molar-refractivity contribution in [2.75, 3.05) is 13.1 Å². The molecule has 0 radical (unpaired) electrons. The molecule has 14 atom stereocenters. The highest BCUT2D eigenvalue weighted by atomic mass is 16.4. The highest BCUT2D eigenvalue weighted by Crippen LogP contribution is 2.24. The molecule has 49 nitrogen and oxygen atoms in total. The Morgan fingerprint density at radius 3 is 1.29 bits per heavy atom. The van der Waals surface area contributed by atoms with Crippen molar-refractivity contribution < 1.29 is 156 Å². The number of primary amides is 1. The number of fused-ring (bicyclic) bond motifs is 1. The van der Waals surface area contributed by atoms with Crippen molar-refractivity contribution in [1.29, 1.82) is 0 Å². The van der Waals surface area contributed by atoms with Gasteiger partial charge in [0.15, 0.2) is 0 Å². The van der Waals surface area contributed by atoms with Crippen molar-refractivity contribution in [3.8, 4) is 5.75 Å². The van der Waals surface area contributed by atoms with E-state index in [4.69, 9.17) is 16.6 Å². The van der Waals surface area contributed by atoms with E-state index in [1.165, 1.54) is 42.6 Å². The number of carboxylic acid groups (broad SMARTS) is 8. The van der Waals surface area contributed by atoms with Crippen molar-refractivity contribution in [2.24, 2.45) is 17.4 Å². The average Bonchev–Trinajstić information content (AvgIpc) is 1.70. The third kappa shape index (κ3) is 38.2. The number of carbonyl (C=O) groups excluding carboxylic acids is 15. The number of nitrogens with one attached hydrogen (secondary N) is 14. The number of amides is 15. The molecule has 4 aromatic rings. The second-order valence-electron chi connectivity index (χ2n) is 31.8. The van der Waals surface area contributed by atoms with E-state index in [2.05, 4.69) is 74.1 Å². The average molecular weight is 1870 g/mol. The molecule has 133 heavy (non-hydrogen) atoms. The lowest BCUT2D eigenvalue weighted by Gasteiger charge is -2.30. The Morgan fingerprint density at radius 2 is 0.797 bits per heavy atom. The Labute approximate surface area is 757 Å². The molecule has 2 heterocycles. The quantitative estimate of drug-likeness (QED) is 0.0197. The molecule has 5 rings (SSSR count). The predicted octanol–water partition coefficient (Wildman–Crippen LogP) is -4.77. The van der Waals surface area contributed by atoms with Crippen LogP contribution in [0.1, 0.15) is 153 Å². The molecular formula is C84H111N17O32. The number of hydrogen-bond acceptors (Lipinski definition) is 25. The first-order valence-corrected chi connectivity index (χ1v) is 42.1. The van der Waals surface area contributed by atoms with E-state index < -0.39 is 337 Å². The number of hydrogen-bond donors (Lipinski definition) is 25. The topological polar surface area (TPSA) is 802 Å². The van der Waals surface area contributed by atoms with Crippen LogP contribution in [0.25, 0.3) is 10.9 Å². The number of nitrogens with zero attached hydrogens (tertiary/aromatic N) is 1. The molecule has 1 saturated heterocycles. The van der Waals surface area contributed by atoms with Gasteiger partial charge in [-0.15, -0.1) is 0 Å². The second kappa shape index (κ2) is 53.7. The fourth-order valence-electron chi connectivity index (χ4n) is 13.7. The third-order valence-electron chi connectivity index (χ3n) is 20.7. The summed E-state index contributed by atoms with van der Waals surface area (Å²) in [6.45, 7) is 2.94. The first kappa shape index (κ1) is 108. The minimum absolute atomic E-state index is 0.0361. The lowest BCUT2D eigenvalue weighted by Crippen LogP contribution is -2.61. The van der Waals surface area contributed by atoms with Gasteiger partial charge in [-0.1, -0.05) is 74.5 Å². The van der Waals surface area contributed by atoms with Crippen LogP contribution < -0.4 is 80.6 Å². The summed E-state index contributed by atoms with van der Waals surface area (Å²) in [5, 5.41) is 118. The van der Waals surface area contributed by atoms with E-state index in [0.29, 0.717) is 22.0 Å². The summed E-state index contributed by atoms with van der Waals surface area (Å²) in [4.78, 5) is 309. The molecule has 15 amide bonds. The number of aromatic hydroxyl groups is 1. The summed E-state index contributed by atoms with van der Waals surface area (Å²) in [7, 11) is 0. The highest BCUT2D eigenvalue weighted by Gasteiger charge is 2.42. The van der Waals surface area contributed by atoms with Gasteiger partial charge in [0, 0.05) is 87.9 Å². The van der Waals surface area contributed by atoms with Gasteiger partial charge in [0.1, 0.15) is 84.3 Å². The minimum atomic E-state index is -2.16. The number of aromatic amines is 1. The van der Waals surface area contributed by atoms with Crippen LogP contribution in [0.2, 0.25) is 0 Å². The number of phenols is 1. The third-order valence-corrected chi connectivity index (χ3v) is 20.7. The fourth-order valence-corrected chi connectivity index (χ4v) is 13.7. The first-order chi connectivity index (χ1) is 62.7. The lowest BCUT2D eigenvalue weighted by atomic mass is 9.99. The van der Waals surface area contributed by atoms with E-state index in [9.17, 15) is 151 Å². The van der Waals surface area contributed by atoms with Gasteiger partial charge in [0.05, 0.1) is 19.0 Å². The zero-order valence-electron chi connectivity index (χ0n) is 72.5. The van der Waals surface area contributed by atoms with E-state index >= 15 is 0 Å². The van der Waals surface area contributed by atoms with Crippen molar-refractivity contribution in [3.63, 3.8) is 0 Å². The summed E-state index contributed by atoms with van der Waals surface area (Å²) in [5.74, 6) is -30.3. The second-order valence-corrected chi connectivity index (χ2v) is 31.8. The summed E-state index contributed by atoms with van der Waals surface area (Å²) in [6.07, 6.45) is -10.6. The summed E-state index contributed by atoms with van der Waals surface area (Å²) in [6, 6.07) is -5.17. The van der Waals surface area contributed by atoms with Gasteiger partial charge in [-0.2, -0.15) is 0 Å². The Morgan fingerprint density at radius 1 is 0.398 bits per heavy atom. The zero-order valence-corrected chi connectivity index (χ0v) is 72.5. The SMILES string of the molecule is CC(C)C[C@H](NC(=O)[C@H](Cc1c[nH]c2ccccc12)NC(=O)[C@H](CCC(=O)O)NC(=O)[C@H](Cc1ccccc1)NC(=O)[C@H](Cc1ccc(O)cc1)NC(=O)[C@H](CC(=O)O)NC(=O)CNC(=O)[C@H](CCC(=O)O)NC(=O)[C@@H]1CCCN1C(=O)[C@H](CCC(=O)O)NC(=O)[C@H](C)NC(=O)[C@H](CCC(=O)O)NC(=O)[C@H](CCC(N)=O)NC(=O)[C@@H](N)CCC(=O)O)C(=O)N[C@@H](CCC(=O)O)C(=O)O. The van der Waals surface area contributed by atoms with Crippen LogP contribution in [0.4, 0.5) is 0 Å². The predicted molar refractivity (Wildman–Crippen MR) is 458 cm³/mol. The number of benzene rings is 3. The number of H-pyrrole nitrogens is 1. The van der Waals surface area contributed by atoms with E-state index in [-0.39, 0.29) is 49.5 Å². The van der Waals surface area contributed by atoms with E-state index in [1.54, 1.807) is 56.3 Å². The van der Waals surface area contributed by atoms with Gasteiger partial charge < -0.3 is 136 Å². The van der Waals surface area contributed by atoms with E-state index in [1.807, 2.05) is 0 Å². The molecule has 0 unspecified atom stereocenters. The monoisotopic (exact) mass is 1870 g/mol. The highest BCUT2D eigenvalue weighted by molar-refractivity contribution is 6.02. The van der Waals surface area contributed by atoms with Crippen LogP contribution in [0.5, 0.6) is 5.75 Å². The normalized spacial score (nSPS) is 15.1. The molecule has 0 spiro atoms. The molecule has 3 aromatic carbocycles. The Kier molecular flexibility index (Phi) is 43.7. The molecule has 724 valence electrons.